The van der Waals surface area contributed by atoms with Gasteiger partial charge in [-0.2, -0.15) is 13.2 Å². The number of rotatable bonds is 4. The van der Waals surface area contributed by atoms with Crippen molar-refractivity contribution < 1.29 is 13.2 Å². The smallest absolute Gasteiger partial charge is 0.321 e. The molecule has 3 aromatic rings. The Kier molecular flexibility index (Phi) is 5.27. The zero-order valence-corrected chi connectivity index (χ0v) is 16.3. The summed E-state index contributed by atoms with van der Waals surface area (Å²) in [5, 5.41) is 0.236. The van der Waals surface area contributed by atoms with Crippen LogP contribution in [0.25, 0.3) is 22.6 Å². The van der Waals surface area contributed by atoms with E-state index in [-0.39, 0.29) is 22.7 Å². The van der Waals surface area contributed by atoms with Gasteiger partial charge in [0.1, 0.15) is 22.1 Å². The summed E-state index contributed by atoms with van der Waals surface area (Å²) in [4.78, 5) is 22.1. The predicted molar refractivity (Wildman–Crippen MR) is 100 cm³/mol. The molecule has 10 heteroatoms. The molecule has 0 aromatic carbocycles. The van der Waals surface area contributed by atoms with Gasteiger partial charge in [0.25, 0.3) is 5.56 Å². The lowest BCUT2D eigenvalue weighted by molar-refractivity contribution is -0.144. The lowest BCUT2D eigenvalue weighted by Crippen LogP contribution is -2.28. The lowest BCUT2D eigenvalue weighted by Gasteiger charge is -2.14. The van der Waals surface area contributed by atoms with Crippen LogP contribution in [0.5, 0.6) is 0 Å². The van der Waals surface area contributed by atoms with Crippen molar-refractivity contribution in [3.63, 3.8) is 0 Å². The number of imidazole rings is 1. The number of pyridine rings is 2. The Morgan fingerprint density at radius 2 is 1.93 bits per heavy atom. The van der Waals surface area contributed by atoms with Crippen molar-refractivity contribution in [1.82, 2.24) is 19.1 Å². The first-order valence-electron chi connectivity index (χ1n) is 8.16. The minimum absolute atomic E-state index is 0.0243. The number of thioether (sulfide) groups is 1. The second kappa shape index (κ2) is 7.20. The van der Waals surface area contributed by atoms with E-state index in [9.17, 15) is 18.0 Å². The summed E-state index contributed by atoms with van der Waals surface area (Å²) in [5.41, 5.74) is -1.26. The maximum atomic E-state index is 13.4. The fraction of sp³-hybridized carbons (Fsp3) is 0.353. The third-order valence-electron chi connectivity index (χ3n) is 4.08. The van der Waals surface area contributed by atoms with Gasteiger partial charge in [0.2, 0.25) is 0 Å². The number of alkyl halides is 3. The van der Waals surface area contributed by atoms with Gasteiger partial charge in [0, 0.05) is 18.5 Å². The number of hydrogen-bond donors (Lipinski definition) is 0. The van der Waals surface area contributed by atoms with Crippen LogP contribution in [-0.2, 0) is 19.8 Å². The number of aromatic nitrogens is 4. The van der Waals surface area contributed by atoms with Crippen LogP contribution in [0.15, 0.2) is 27.9 Å². The molecule has 0 unspecified atom stereocenters. The highest BCUT2D eigenvalue weighted by Crippen LogP contribution is 2.34. The van der Waals surface area contributed by atoms with E-state index in [4.69, 9.17) is 11.6 Å². The van der Waals surface area contributed by atoms with Crippen molar-refractivity contribution in [3.8, 4) is 11.5 Å². The van der Waals surface area contributed by atoms with Gasteiger partial charge in [0.15, 0.2) is 5.82 Å². The van der Waals surface area contributed by atoms with Gasteiger partial charge in [-0.1, -0.05) is 18.5 Å². The van der Waals surface area contributed by atoms with Crippen molar-refractivity contribution in [2.75, 3.05) is 5.75 Å². The van der Waals surface area contributed by atoms with E-state index in [1.54, 1.807) is 19.2 Å². The van der Waals surface area contributed by atoms with Crippen LogP contribution >= 0.6 is 23.4 Å². The molecule has 0 aliphatic carbocycles. The second-order valence-corrected chi connectivity index (χ2v) is 7.41. The standard InChI is InChI=1S/C17H16ClF3N4OS/c1-4-25-11(17(19,20)21)8-9-14(16(25)26)24(3)15(22-9)13-10(27-5-2)6-7-12(18)23-13/h6-8H,4-5H2,1-3H3. The molecule has 0 saturated heterocycles. The monoisotopic (exact) mass is 416 g/mol. The van der Waals surface area contributed by atoms with Crippen molar-refractivity contribution >= 4 is 34.4 Å². The first kappa shape index (κ1) is 19.8. The minimum Gasteiger partial charge on any atom is -0.321 e. The van der Waals surface area contributed by atoms with E-state index < -0.39 is 17.4 Å². The summed E-state index contributed by atoms with van der Waals surface area (Å²) in [6, 6.07) is 4.32. The average Bonchev–Trinajstić information content (AvgIpc) is 2.92. The molecule has 3 aromatic heterocycles. The predicted octanol–water partition coefficient (Wildman–Crippen LogP) is 4.60. The molecule has 0 saturated carbocycles. The van der Waals surface area contributed by atoms with Crippen LogP contribution in [0.1, 0.15) is 19.5 Å². The quantitative estimate of drug-likeness (QED) is 0.460. The van der Waals surface area contributed by atoms with E-state index in [1.807, 2.05) is 6.92 Å². The SMILES string of the molecule is CCSc1ccc(Cl)nc1-c1nc2cc(C(F)(F)F)n(CC)c(=O)c2n1C. The van der Waals surface area contributed by atoms with E-state index in [1.165, 1.54) is 23.3 Å². The molecule has 0 aliphatic heterocycles. The maximum absolute atomic E-state index is 13.4. The molecule has 0 atom stereocenters. The topological polar surface area (TPSA) is 52.7 Å². The number of hydrogen-bond acceptors (Lipinski definition) is 4. The molecule has 0 radical (unpaired) electrons. The van der Waals surface area contributed by atoms with Gasteiger partial charge >= 0.3 is 6.18 Å². The normalized spacial score (nSPS) is 12.1. The number of fused-ring (bicyclic) bond motifs is 1. The van der Waals surface area contributed by atoms with E-state index >= 15 is 0 Å². The number of nitrogens with zero attached hydrogens (tertiary/aromatic N) is 4. The molecule has 0 N–H and O–H groups in total. The van der Waals surface area contributed by atoms with Gasteiger partial charge in [-0.3, -0.25) is 4.79 Å². The van der Waals surface area contributed by atoms with Gasteiger partial charge < -0.3 is 9.13 Å². The fourth-order valence-electron chi connectivity index (χ4n) is 2.93. The lowest BCUT2D eigenvalue weighted by atomic mass is 10.3. The zero-order chi connectivity index (χ0) is 19.9. The van der Waals surface area contributed by atoms with Crippen LogP contribution in [0.4, 0.5) is 13.2 Å². The Hall–Kier alpha value is -2.00. The maximum Gasteiger partial charge on any atom is 0.431 e. The van der Waals surface area contributed by atoms with Gasteiger partial charge in [-0.25, -0.2) is 9.97 Å². The first-order valence-corrected chi connectivity index (χ1v) is 9.52. The Balaban J connectivity index is 2.36. The van der Waals surface area contributed by atoms with Crippen LogP contribution in [-0.4, -0.2) is 24.9 Å². The van der Waals surface area contributed by atoms with Gasteiger partial charge in [-0.05, 0) is 30.9 Å². The highest BCUT2D eigenvalue weighted by Gasteiger charge is 2.35. The Labute approximate surface area is 162 Å². The summed E-state index contributed by atoms with van der Waals surface area (Å²) >= 11 is 7.52. The van der Waals surface area contributed by atoms with E-state index in [0.717, 1.165) is 16.7 Å². The van der Waals surface area contributed by atoms with Crippen molar-refractivity contribution in [2.45, 2.75) is 31.5 Å². The first-order chi connectivity index (χ1) is 12.7. The second-order valence-electron chi connectivity index (χ2n) is 5.72. The molecule has 0 amide bonds. The summed E-state index contributed by atoms with van der Waals surface area (Å²) in [5.74, 6) is 1.06. The van der Waals surface area contributed by atoms with Gasteiger partial charge in [0.05, 0.1) is 5.52 Å². The summed E-state index contributed by atoms with van der Waals surface area (Å²) in [6.07, 6.45) is -4.65. The third-order valence-corrected chi connectivity index (χ3v) is 5.22. The molecular formula is C17H16ClF3N4OS. The van der Waals surface area contributed by atoms with Crippen LogP contribution in [0.2, 0.25) is 5.15 Å². The molecule has 3 rings (SSSR count). The van der Waals surface area contributed by atoms with E-state index in [0.29, 0.717) is 16.1 Å². The van der Waals surface area contributed by atoms with Crippen LogP contribution in [0, 0.1) is 0 Å². The molecular weight excluding hydrogens is 401 g/mol. The fourth-order valence-corrected chi connectivity index (χ4v) is 3.83. The third kappa shape index (κ3) is 3.45. The molecule has 0 fully saturated rings. The molecule has 144 valence electrons. The summed E-state index contributed by atoms with van der Waals surface area (Å²) in [6.45, 7) is 3.36. The minimum atomic E-state index is -4.65. The Bertz CT molecular complexity index is 1070. The zero-order valence-electron chi connectivity index (χ0n) is 14.8. The highest BCUT2D eigenvalue weighted by atomic mass is 35.5. The van der Waals surface area contributed by atoms with Crippen molar-refractivity contribution in [1.29, 1.82) is 0 Å². The van der Waals surface area contributed by atoms with Crippen molar-refractivity contribution in [2.24, 2.45) is 7.05 Å². The number of aryl methyl sites for hydroxylation is 1. The molecule has 27 heavy (non-hydrogen) atoms. The Morgan fingerprint density at radius 1 is 1.22 bits per heavy atom. The largest absolute Gasteiger partial charge is 0.431 e. The number of halogens is 4. The summed E-state index contributed by atoms with van der Waals surface area (Å²) < 4.78 is 42.3. The molecule has 3 heterocycles. The van der Waals surface area contributed by atoms with E-state index in [2.05, 4.69) is 9.97 Å². The molecule has 0 aliphatic rings. The molecule has 0 spiro atoms. The summed E-state index contributed by atoms with van der Waals surface area (Å²) in [7, 11) is 1.59. The molecule has 5 nitrogen and oxygen atoms in total. The van der Waals surface area contributed by atoms with Crippen LogP contribution < -0.4 is 5.56 Å². The highest BCUT2D eigenvalue weighted by molar-refractivity contribution is 7.99. The molecule has 0 bridgehead atoms. The Morgan fingerprint density at radius 3 is 2.52 bits per heavy atom. The van der Waals surface area contributed by atoms with Gasteiger partial charge in [-0.15, -0.1) is 11.8 Å². The average molecular weight is 417 g/mol. The van der Waals surface area contributed by atoms with Crippen LogP contribution in [0.3, 0.4) is 0 Å². The van der Waals surface area contributed by atoms with Crippen molar-refractivity contribution in [3.05, 3.63) is 39.4 Å².